The van der Waals surface area contributed by atoms with Crippen LogP contribution in [0.4, 0.5) is 0 Å². The van der Waals surface area contributed by atoms with Gasteiger partial charge in [0.2, 0.25) is 11.7 Å². The van der Waals surface area contributed by atoms with Crippen molar-refractivity contribution in [1.29, 1.82) is 0 Å². The van der Waals surface area contributed by atoms with Crippen LogP contribution in [-0.2, 0) is 9.47 Å². The molecule has 0 aromatic carbocycles. The lowest BCUT2D eigenvalue weighted by Gasteiger charge is -2.16. The van der Waals surface area contributed by atoms with Crippen molar-refractivity contribution in [2.45, 2.75) is 19.6 Å². The first-order chi connectivity index (χ1) is 3.60. The Morgan fingerprint density at radius 3 is 2.38 bits per heavy atom. The summed E-state index contributed by atoms with van der Waals surface area (Å²) >= 11 is 0. The molecule has 1 aliphatic rings. The van der Waals surface area contributed by atoms with E-state index in [-0.39, 0.29) is 0 Å². The zero-order chi connectivity index (χ0) is 6.20. The first kappa shape index (κ1) is 5.28. The minimum Gasteiger partial charge on any atom is -0.455 e. The summed E-state index contributed by atoms with van der Waals surface area (Å²) in [7, 11) is 0. The minimum atomic E-state index is -0.552. The van der Waals surface area contributed by atoms with Crippen LogP contribution in [0.25, 0.3) is 0 Å². The Labute approximate surface area is 48.1 Å². The summed E-state index contributed by atoms with van der Waals surface area (Å²) in [5.74, 6) is -0.209. The first-order valence-corrected chi connectivity index (χ1v) is 2.43. The Hall–Kier alpha value is -0.860. The van der Waals surface area contributed by atoms with Gasteiger partial charge in [-0.25, -0.2) is 0 Å². The van der Waals surface area contributed by atoms with Crippen LogP contribution in [-0.4, -0.2) is 5.79 Å². The van der Waals surface area contributed by atoms with E-state index in [2.05, 4.69) is 0 Å². The molecule has 2 N–H and O–H groups in total. The molecule has 1 aliphatic heterocycles. The fourth-order valence-corrected chi connectivity index (χ4v) is 0.532. The zero-order valence-corrected chi connectivity index (χ0v) is 4.97. The molecule has 0 fully saturated rings. The lowest BCUT2D eigenvalue weighted by atomic mass is 10.4. The Morgan fingerprint density at radius 1 is 1.62 bits per heavy atom. The molecule has 0 bridgehead atoms. The molecular formula is C5H9NO2. The van der Waals surface area contributed by atoms with Crippen molar-refractivity contribution in [1.82, 2.24) is 0 Å². The van der Waals surface area contributed by atoms with Gasteiger partial charge in [-0.15, -0.1) is 0 Å². The van der Waals surface area contributed by atoms with E-state index in [1.807, 2.05) is 0 Å². The van der Waals surface area contributed by atoms with Crippen molar-refractivity contribution in [3.63, 3.8) is 0 Å². The normalized spacial score (nSPS) is 23.5. The summed E-state index contributed by atoms with van der Waals surface area (Å²) in [6.07, 6.45) is 1.40. The Kier molecular flexibility index (Phi) is 0.863. The van der Waals surface area contributed by atoms with E-state index in [9.17, 15) is 0 Å². The molecule has 0 saturated heterocycles. The van der Waals surface area contributed by atoms with Gasteiger partial charge in [-0.3, -0.25) is 0 Å². The van der Waals surface area contributed by atoms with Gasteiger partial charge in [-0.05, 0) is 0 Å². The molecule has 0 unspecified atom stereocenters. The van der Waals surface area contributed by atoms with Gasteiger partial charge in [0.1, 0.15) is 6.26 Å². The standard InChI is InChI=1S/C5H9NO2/c1-5(2)7-3-4(6)8-5/h3H,6H2,1-2H3. The fourth-order valence-electron chi connectivity index (χ4n) is 0.532. The first-order valence-electron chi connectivity index (χ1n) is 2.43. The van der Waals surface area contributed by atoms with Crippen molar-refractivity contribution in [3.05, 3.63) is 12.1 Å². The molecule has 46 valence electrons. The largest absolute Gasteiger partial charge is 0.455 e. The highest BCUT2D eigenvalue weighted by Gasteiger charge is 2.25. The van der Waals surface area contributed by atoms with Gasteiger partial charge in [0, 0.05) is 13.8 Å². The second kappa shape index (κ2) is 1.31. The molecular weight excluding hydrogens is 106 g/mol. The minimum absolute atomic E-state index is 0.343. The van der Waals surface area contributed by atoms with E-state index in [1.165, 1.54) is 6.26 Å². The number of nitrogens with two attached hydrogens (primary N) is 1. The van der Waals surface area contributed by atoms with E-state index >= 15 is 0 Å². The summed E-state index contributed by atoms with van der Waals surface area (Å²) in [5, 5.41) is 0. The Bertz CT molecular complexity index is 128. The average molecular weight is 115 g/mol. The molecule has 8 heavy (non-hydrogen) atoms. The molecule has 0 radical (unpaired) electrons. The summed E-state index contributed by atoms with van der Waals surface area (Å²) < 4.78 is 9.91. The van der Waals surface area contributed by atoms with Crippen LogP contribution >= 0.6 is 0 Å². The van der Waals surface area contributed by atoms with Crippen LogP contribution in [0.3, 0.4) is 0 Å². The average Bonchev–Trinajstić information content (AvgIpc) is 1.82. The Balaban J connectivity index is 2.55. The summed E-state index contributed by atoms with van der Waals surface area (Å²) in [4.78, 5) is 0. The molecule has 3 heteroatoms. The molecule has 0 aliphatic carbocycles. The summed E-state index contributed by atoms with van der Waals surface area (Å²) in [6, 6.07) is 0. The highest BCUT2D eigenvalue weighted by atomic mass is 16.7. The summed E-state index contributed by atoms with van der Waals surface area (Å²) in [5.41, 5.74) is 5.22. The fraction of sp³-hybridized carbons (Fsp3) is 0.600. The second-order valence-electron chi connectivity index (χ2n) is 2.14. The van der Waals surface area contributed by atoms with E-state index in [1.54, 1.807) is 13.8 Å². The van der Waals surface area contributed by atoms with Crippen LogP contribution < -0.4 is 5.73 Å². The monoisotopic (exact) mass is 115 g/mol. The predicted molar refractivity (Wildman–Crippen MR) is 28.5 cm³/mol. The van der Waals surface area contributed by atoms with E-state index in [0.717, 1.165) is 0 Å². The SMILES string of the molecule is CC1(C)OC=C(N)O1. The molecule has 0 saturated carbocycles. The van der Waals surface area contributed by atoms with Gasteiger partial charge >= 0.3 is 0 Å². The van der Waals surface area contributed by atoms with Crippen molar-refractivity contribution < 1.29 is 9.47 Å². The van der Waals surface area contributed by atoms with E-state index < -0.39 is 5.79 Å². The molecule has 0 spiro atoms. The molecule has 0 aromatic rings. The van der Waals surface area contributed by atoms with Gasteiger partial charge in [-0.2, -0.15) is 0 Å². The molecule has 0 atom stereocenters. The number of hydrogen-bond acceptors (Lipinski definition) is 3. The highest BCUT2D eigenvalue weighted by Crippen LogP contribution is 2.20. The number of rotatable bonds is 0. The quantitative estimate of drug-likeness (QED) is 0.500. The van der Waals surface area contributed by atoms with Crippen LogP contribution in [0.15, 0.2) is 12.1 Å². The summed E-state index contributed by atoms with van der Waals surface area (Å²) in [6.45, 7) is 3.59. The van der Waals surface area contributed by atoms with Crippen LogP contribution in [0.2, 0.25) is 0 Å². The number of ether oxygens (including phenoxy) is 2. The Morgan fingerprint density at radius 2 is 2.25 bits per heavy atom. The van der Waals surface area contributed by atoms with Crippen molar-refractivity contribution in [3.8, 4) is 0 Å². The van der Waals surface area contributed by atoms with Gasteiger partial charge in [-0.1, -0.05) is 0 Å². The zero-order valence-electron chi connectivity index (χ0n) is 4.97. The lowest BCUT2D eigenvalue weighted by Crippen LogP contribution is -2.21. The topological polar surface area (TPSA) is 44.5 Å². The lowest BCUT2D eigenvalue weighted by molar-refractivity contribution is -0.116. The van der Waals surface area contributed by atoms with Crippen LogP contribution in [0.1, 0.15) is 13.8 Å². The van der Waals surface area contributed by atoms with Crippen molar-refractivity contribution >= 4 is 0 Å². The smallest absolute Gasteiger partial charge is 0.247 e. The maximum absolute atomic E-state index is 5.22. The molecule has 3 nitrogen and oxygen atoms in total. The van der Waals surface area contributed by atoms with Crippen LogP contribution in [0.5, 0.6) is 0 Å². The van der Waals surface area contributed by atoms with Crippen molar-refractivity contribution in [2.24, 2.45) is 5.73 Å². The third kappa shape index (κ3) is 0.857. The third-order valence-electron chi connectivity index (χ3n) is 0.823. The maximum atomic E-state index is 5.22. The van der Waals surface area contributed by atoms with Crippen LogP contribution in [0, 0.1) is 0 Å². The van der Waals surface area contributed by atoms with E-state index in [4.69, 9.17) is 15.2 Å². The molecule has 0 aromatic heterocycles. The maximum Gasteiger partial charge on any atom is 0.247 e. The number of hydrogen-bond donors (Lipinski definition) is 1. The molecule has 0 amide bonds. The second-order valence-corrected chi connectivity index (χ2v) is 2.14. The van der Waals surface area contributed by atoms with E-state index in [0.29, 0.717) is 5.88 Å². The van der Waals surface area contributed by atoms with Gasteiger partial charge in [0.05, 0.1) is 0 Å². The highest BCUT2D eigenvalue weighted by molar-refractivity contribution is 4.88. The van der Waals surface area contributed by atoms with Gasteiger partial charge in [0.15, 0.2) is 0 Å². The van der Waals surface area contributed by atoms with Crippen molar-refractivity contribution in [2.75, 3.05) is 0 Å². The van der Waals surface area contributed by atoms with Gasteiger partial charge in [0.25, 0.3) is 0 Å². The molecule has 1 rings (SSSR count). The molecule has 1 heterocycles. The van der Waals surface area contributed by atoms with Gasteiger partial charge < -0.3 is 15.2 Å². The predicted octanol–water partition coefficient (Wildman–Crippen LogP) is 0.527. The third-order valence-corrected chi connectivity index (χ3v) is 0.823.